The van der Waals surface area contributed by atoms with Gasteiger partial charge in [-0.15, -0.1) is 0 Å². The number of hydrogen-bond donors (Lipinski definition) is 2. The van der Waals surface area contributed by atoms with Gasteiger partial charge in [0.25, 0.3) is 5.91 Å². The summed E-state index contributed by atoms with van der Waals surface area (Å²) >= 11 is 0. The maximum atomic E-state index is 12.2. The van der Waals surface area contributed by atoms with Crippen molar-refractivity contribution < 1.29 is 9.90 Å². The van der Waals surface area contributed by atoms with Gasteiger partial charge in [0.15, 0.2) is 0 Å². The number of amides is 1. The molecule has 0 saturated heterocycles. The Morgan fingerprint density at radius 3 is 2.89 bits per heavy atom. The van der Waals surface area contributed by atoms with Crippen LogP contribution in [0.25, 0.3) is 0 Å². The maximum absolute atomic E-state index is 12.2. The third kappa shape index (κ3) is 4.38. The maximum Gasteiger partial charge on any atom is 0.271 e. The van der Waals surface area contributed by atoms with E-state index < -0.39 is 0 Å². The molecule has 0 spiro atoms. The molecule has 1 aromatic heterocycles. The summed E-state index contributed by atoms with van der Waals surface area (Å²) in [6.07, 6.45) is 2.56. The van der Waals surface area contributed by atoms with Crippen LogP contribution in [0.15, 0.2) is 18.3 Å². The second kappa shape index (κ2) is 7.55. The lowest BCUT2D eigenvalue weighted by Gasteiger charge is -2.19. The summed E-state index contributed by atoms with van der Waals surface area (Å²) in [4.78, 5) is 16.2. The predicted octanol–water partition coefficient (Wildman–Crippen LogP) is 1.59. The Labute approximate surface area is 114 Å². The number of aliphatic hydroxyl groups is 1. The number of carbonyl (C=O) groups is 1. The molecule has 1 rings (SSSR count). The molecule has 0 bridgehead atoms. The fourth-order valence-electron chi connectivity index (χ4n) is 1.59. The first kappa shape index (κ1) is 15.2. The number of aliphatic hydroxyl groups excluding tert-OH is 1. The number of nitrogens with one attached hydrogen (secondary N) is 1. The van der Waals surface area contributed by atoms with Crippen LogP contribution in [0.4, 0.5) is 0 Å². The minimum Gasteiger partial charge on any atom is -0.384 e. The lowest BCUT2D eigenvalue weighted by molar-refractivity contribution is 0.0923. The first-order chi connectivity index (χ1) is 9.10. The van der Waals surface area contributed by atoms with Crippen molar-refractivity contribution in [3.63, 3.8) is 0 Å². The highest BCUT2D eigenvalue weighted by Crippen LogP contribution is 2.09. The molecule has 4 heteroatoms. The van der Waals surface area contributed by atoms with E-state index in [0.717, 1.165) is 6.42 Å². The molecular weight excluding hydrogens is 240 g/mol. The summed E-state index contributed by atoms with van der Waals surface area (Å²) in [6.45, 7) is 5.93. The van der Waals surface area contributed by atoms with Gasteiger partial charge in [-0.2, -0.15) is 0 Å². The minimum absolute atomic E-state index is 0.0816. The lowest BCUT2D eigenvalue weighted by atomic mass is 10.0. The van der Waals surface area contributed by atoms with Gasteiger partial charge < -0.3 is 10.4 Å². The molecule has 4 nitrogen and oxygen atoms in total. The number of hydrogen-bond acceptors (Lipinski definition) is 3. The highest BCUT2D eigenvalue weighted by Gasteiger charge is 2.17. The van der Waals surface area contributed by atoms with Crippen molar-refractivity contribution >= 4 is 5.91 Å². The molecular formula is C15H20N2O2. The Hall–Kier alpha value is -1.86. The zero-order valence-electron chi connectivity index (χ0n) is 11.6. The topological polar surface area (TPSA) is 62.2 Å². The first-order valence-electron chi connectivity index (χ1n) is 6.45. The van der Waals surface area contributed by atoms with E-state index in [4.69, 9.17) is 5.11 Å². The van der Waals surface area contributed by atoms with Crippen LogP contribution in [0.3, 0.4) is 0 Å². The molecule has 2 N–H and O–H groups in total. The van der Waals surface area contributed by atoms with Crippen molar-refractivity contribution in [1.29, 1.82) is 0 Å². The van der Waals surface area contributed by atoms with Crippen molar-refractivity contribution in [2.75, 3.05) is 6.61 Å². The van der Waals surface area contributed by atoms with Gasteiger partial charge in [0, 0.05) is 12.2 Å². The summed E-state index contributed by atoms with van der Waals surface area (Å²) in [5.41, 5.74) is 0.837. The van der Waals surface area contributed by atoms with Crippen LogP contribution in [0.2, 0.25) is 0 Å². The van der Waals surface area contributed by atoms with Gasteiger partial charge in [0.05, 0.1) is 5.56 Å². The Bertz CT molecular complexity index is 488. The van der Waals surface area contributed by atoms with Crippen LogP contribution in [0.5, 0.6) is 0 Å². The van der Waals surface area contributed by atoms with E-state index in [-0.39, 0.29) is 18.6 Å². The van der Waals surface area contributed by atoms with Gasteiger partial charge in [0.1, 0.15) is 12.3 Å². The molecule has 1 heterocycles. The summed E-state index contributed by atoms with van der Waals surface area (Å²) in [6, 6.07) is 3.52. The van der Waals surface area contributed by atoms with Crippen LogP contribution in [-0.4, -0.2) is 28.6 Å². The number of nitrogens with zero attached hydrogens (tertiary/aromatic N) is 1. The summed E-state index contributed by atoms with van der Waals surface area (Å²) < 4.78 is 0. The Balaban J connectivity index is 2.88. The third-order valence-corrected chi connectivity index (χ3v) is 3.18. The fraction of sp³-hybridized carbons (Fsp3) is 0.467. The van der Waals surface area contributed by atoms with E-state index >= 15 is 0 Å². The van der Waals surface area contributed by atoms with E-state index in [1.165, 1.54) is 0 Å². The molecule has 1 aromatic rings. The van der Waals surface area contributed by atoms with E-state index in [9.17, 15) is 4.79 Å². The largest absolute Gasteiger partial charge is 0.384 e. The third-order valence-electron chi connectivity index (χ3n) is 3.18. The molecule has 0 radical (unpaired) electrons. The molecule has 0 aliphatic carbocycles. The van der Waals surface area contributed by atoms with Crippen LogP contribution < -0.4 is 5.32 Å². The van der Waals surface area contributed by atoms with Crippen LogP contribution in [0.1, 0.15) is 43.2 Å². The van der Waals surface area contributed by atoms with Crippen molar-refractivity contribution in [3.8, 4) is 11.8 Å². The molecule has 102 valence electrons. The second-order valence-electron chi connectivity index (χ2n) is 4.51. The number of pyridine rings is 1. The lowest BCUT2D eigenvalue weighted by Crippen LogP contribution is -2.37. The number of carbonyl (C=O) groups excluding carboxylic acids is 1. The van der Waals surface area contributed by atoms with Crippen molar-refractivity contribution in [1.82, 2.24) is 10.3 Å². The second-order valence-corrected chi connectivity index (χ2v) is 4.51. The van der Waals surface area contributed by atoms with Gasteiger partial charge >= 0.3 is 0 Å². The number of rotatable bonds is 4. The molecule has 2 unspecified atom stereocenters. The molecule has 0 aliphatic heterocycles. The monoisotopic (exact) mass is 260 g/mol. The van der Waals surface area contributed by atoms with Gasteiger partial charge in [-0.25, -0.2) is 4.98 Å². The molecule has 0 fully saturated rings. The molecule has 0 saturated carbocycles. The SMILES string of the molecule is CCC(C)C(C)NC(=O)c1ncccc1C#CCO. The molecule has 2 atom stereocenters. The summed E-state index contributed by atoms with van der Waals surface area (Å²) in [5, 5.41) is 11.6. The highest BCUT2D eigenvalue weighted by molar-refractivity contribution is 5.94. The Morgan fingerprint density at radius 1 is 1.53 bits per heavy atom. The van der Waals surface area contributed by atoms with Crippen LogP contribution in [0, 0.1) is 17.8 Å². The van der Waals surface area contributed by atoms with Gasteiger partial charge in [0.2, 0.25) is 0 Å². The van der Waals surface area contributed by atoms with E-state index in [2.05, 4.69) is 36.0 Å². The molecule has 0 aliphatic rings. The van der Waals surface area contributed by atoms with E-state index in [1.807, 2.05) is 6.92 Å². The van der Waals surface area contributed by atoms with Gasteiger partial charge in [-0.05, 0) is 25.0 Å². The Morgan fingerprint density at radius 2 is 2.26 bits per heavy atom. The molecule has 0 aromatic carbocycles. The molecule has 19 heavy (non-hydrogen) atoms. The minimum atomic E-state index is -0.237. The predicted molar refractivity (Wildman–Crippen MR) is 74.6 cm³/mol. The van der Waals surface area contributed by atoms with Crippen molar-refractivity contribution in [2.24, 2.45) is 5.92 Å². The summed E-state index contributed by atoms with van der Waals surface area (Å²) in [5.74, 6) is 5.45. The average Bonchev–Trinajstić information content (AvgIpc) is 2.44. The first-order valence-corrected chi connectivity index (χ1v) is 6.45. The van der Waals surface area contributed by atoms with E-state index in [0.29, 0.717) is 17.2 Å². The Kier molecular flexibility index (Phi) is 6.04. The standard InChI is InChI=1S/C15H20N2O2/c1-4-11(2)12(3)17-15(19)14-13(8-6-10-18)7-5-9-16-14/h5,7,9,11-12,18H,4,10H2,1-3H3,(H,17,19). The van der Waals surface area contributed by atoms with Crippen LogP contribution >= 0.6 is 0 Å². The average molecular weight is 260 g/mol. The summed E-state index contributed by atoms with van der Waals surface area (Å²) in [7, 11) is 0. The van der Waals surface area contributed by atoms with E-state index in [1.54, 1.807) is 18.3 Å². The highest BCUT2D eigenvalue weighted by atomic mass is 16.2. The van der Waals surface area contributed by atoms with Crippen LogP contribution in [-0.2, 0) is 0 Å². The smallest absolute Gasteiger partial charge is 0.271 e. The zero-order valence-corrected chi connectivity index (χ0v) is 11.6. The number of aromatic nitrogens is 1. The zero-order chi connectivity index (χ0) is 14.3. The van der Waals surface area contributed by atoms with Crippen molar-refractivity contribution in [3.05, 3.63) is 29.6 Å². The normalized spacial score (nSPS) is 13.1. The van der Waals surface area contributed by atoms with Crippen molar-refractivity contribution in [2.45, 2.75) is 33.2 Å². The molecule has 1 amide bonds. The van der Waals surface area contributed by atoms with Gasteiger partial charge in [-0.3, -0.25) is 4.79 Å². The van der Waals surface area contributed by atoms with Gasteiger partial charge in [-0.1, -0.05) is 32.1 Å². The quantitative estimate of drug-likeness (QED) is 0.808. The fourth-order valence-corrected chi connectivity index (χ4v) is 1.59.